The van der Waals surface area contributed by atoms with E-state index >= 15 is 0 Å². The molecule has 0 atom stereocenters. The van der Waals surface area contributed by atoms with Gasteiger partial charge in [0.2, 0.25) is 5.91 Å². The second-order valence-corrected chi connectivity index (χ2v) is 5.13. The van der Waals surface area contributed by atoms with Crippen molar-refractivity contribution in [2.75, 3.05) is 13.1 Å². The molecule has 0 aliphatic heterocycles. The lowest BCUT2D eigenvalue weighted by molar-refractivity contribution is -0.120. The lowest BCUT2D eigenvalue weighted by Gasteiger charge is -2.11. The quantitative estimate of drug-likeness (QED) is 0.729. The fraction of sp³-hybridized carbons (Fsp3) is 0.533. The number of rotatable bonds is 6. The van der Waals surface area contributed by atoms with Crippen LogP contribution in [0.2, 0.25) is 0 Å². The van der Waals surface area contributed by atoms with Crippen molar-refractivity contribution < 1.29 is 9.90 Å². The molecular weight excluding hydrogens is 240 g/mol. The van der Waals surface area contributed by atoms with Gasteiger partial charge in [-0.3, -0.25) is 4.79 Å². The van der Waals surface area contributed by atoms with Crippen LogP contribution in [0.15, 0.2) is 24.3 Å². The summed E-state index contributed by atoms with van der Waals surface area (Å²) in [5.74, 6) is 0.333. The highest BCUT2D eigenvalue weighted by Crippen LogP contribution is 2.17. The minimum Gasteiger partial charge on any atom is -0.508 e. The lowest BCUT2D eigenvalue weighted by atomic mass is 10.1. The Balaban J connectivity index is 1.59. The van der Waals surface area contributed by atoms with Crippen LogP contribution in [0.3, 0.4) is 0 Å². The zero-order valence-electron chi connectivity index (χ0n) is 11.2. The standard InChI is InChI=1S/C15H22N2O2/c18-14-7-5-12(6-8-14)9-10-16-15(19)11-17-13-3-1-2-4-13/h5-8,13,17-18H,1-4,9-11H2,(H,16,19). The summed E-state index contributed by atoms with van der Waals surface area (Å²) in [4.78, 5) is 11.6. The smallest absolute Gasteiger partial charge is 0.233 e. The Morgan fingerprint density at radius 1 is 1.21 bits per heavy atom. The van der Waals surface area contributed by atoms with Crippen LogP contribution in [0.25, 0.3) is 0 Å². The molecule has 1 saturated carbocycles. The predicted octanol–water partition coefficient (Wildman–Crippen LogP) is 1.58. The molecule has 0 unspecified atom stereocenters. The van der Waals surface area contributed by atoms with E-state index in [1.807, 2.05) is 12.1 Å². The molecule has 1 amide bonds. The van der Waals surface area contributed by atoms with Crippen LogP contribution in [0, 0.1) is 0 Å². The van der Waals surface area contributed by atoms with Crippen molar-refractivity contribution >= 4 is 5.91 Å². The third-order valence-corrected chi connectivity index (χ3v) is 3.58. The summed E-state index contributed by atoms with van der Waals surface area (Å²) >= 11 is 0. The second kappa shape index (κ2) is 7.14. The van der Waals surface area contributed by atoms with Crippen molar-refractivity contribution in [2.45, 2.75) is 38.1 Å². The molecule has 0 aromatic heterocycles. The summed E-state index contributed by atoms with van der Waals surface area (Å²) < 4.78 is 0. The molecule has 4 nitrogen and oxygen atoms in total. The SMILES string of the molecule is O=C(CNC1CCCC1)NCCc1ccc(O)cc1. The minimum absolute atomic E-state index is 0.0608. The van der Waals surface area contributed by atoms with Crippen LogP contribution in [0.1, 0.15) is 31.2 Å². The van der Waals surface area contributed by atoms with Gasteiger partial charge in [0.1, 0.15) is 5.75 Å². The van der Waals surface area contributed by atoms with E-state index in [1.54, 1.807) is 12.1 Å². The van der Waals surface area contributed by atoms with E-state index in [4.69, 9.17) is 5.11 Å². The number of benzene rings is 1. The van der Waals surface area contributed by atoms with Crippen molar-refractivity contribution in [3.8, 4) is 5.75 Å². The number of phenols is 1. The molecule has 19 heavy (non-hydrogen) atoms. The Labute approximate surface area is 114 Å². The highest BCUT2D eigenvalue weighted by atomic mass is 16.3. The van der Waals surface area contributed by atoms with Gasteiger partial charge in [-0.2, -0.15) is 0 Å². The van der Waals surface area contributed by atoms with Gasteiger partial charge in [-0.15, -0.1) is 0 Å². The monoisotopic (exact) mass is 262 g/mol. The number of amides is 1. The summed E-state index contributed by atoms with van der Waals surface area (Å²) in [5.41, 5.74) is 1.11. The summed E-state index contributed by atoms with van der Waals surface area (Å²) in [5, 5.41) is 15.4. The highest BCUT2D eigenvalue weighted by Gasteiger charge is 2.14. The number of phenolic OH excluding ortho intramolecular Hbond substituents is 1. The van der Waals surface area contributed by atoms with Gasteiger partial charge in [0.05, 0.1) is 6.54 Å². The third-order valence-electron chi connectivity index (χ3n) is 3.58. The molecular formula is C15H22N2O2. The first kappa shape index (κ1) is 13.9. The van der Waals surface area contributed by atoms with Gasteiger partial charge >= 0.3 is 0 Å². The van der Waals surface area contributed by atoms with Gasteiger partial charge in [0, 0.05) is 12.6 Å². The second-order valence-electron chi connectivity index (χ2n) is 5.13. The van der Waals surface area contributed by atoms with E-state index in [9.17, 15) is 4.79 Å². The average Bonchev–Trinajstić information content (AvgIpc) is 2.92. The number of hydrogen-bond donors (Lipinski definition) is 3. The number of nitrogens with one attached hydrogen (secondary N) is 2. The molecule has 4 heteroatoms. The van der Waals surface area contributed by atoms with E-state index in [0.29, 0.717) is 19.1 Å². The van der Waals surface area contributed by atoms with Crippen molar-refractivity contribution in [3.63, 3.8) is 0 Å². The van der Waals surface area contributed by atoms with Crippen molar-refractivity contribution in [2.24, 2.45) is 0 Å². The zero-order valence-corrected chi connectivity index (χ0v) is 11.2. The van der Waals surface area contributed by atoms with Gasteiger partial charge in [-0.05, 0) is 37.0 Å². The van der Waals surface area contributed by atoms with Crippen molar-refractivity contribution in [1.82, 2.24) is 10.6 Å². The zero-order chi connectivity index (χ0) is 13.5. The molecule has 1 aromatic carbocycles. The highest BCUT2D eigenvalue weighted by molar-refractivity contribution is 5.78. The molecule has 0 bridgehead atoms. The van der Waals surface area contributed by atoms with Crippen LogP contribution >= 0.6 is 0 Å². The van der Waals surface area contributed by atoms with Crippen LogP contribution in [-0.4, -0.2) is 30.1 Å². The van der Waals surface area contributed by atoms with E-state index in [-0.39, 0.29) is 11.7 Å². The molecule has 0 saturated heterocycles. The molecule has 2 rings (SSSR count). The minimum atomic E-state index is 0.0608. The Kier molecular flexibility index (Phi) is 5.21. The van der Waals surface area contributed by atoms with Crippen molar-refractivity contribution in [3.05, 3.63) is 29.8 Å². The first-order valence-electron chi connectivity index (χ1n) is 7.02. The summed E-state index contributed by atoms with van der Waals surface area (Å²) in [7, 11) is 0. The Morgan fingerprint density at radius 2 is 1.89 bits per heavy atom. The van der Waals surface area contributed by atoms with Gasteiger partial charge in [-0.1, -0.05) is 25.0 Å². The van der Waals surface area contributed by atoms with Gasteiger partial charge in [0.25, 0.3) is 0 Å². The molecule has 1 aliphatic rings. The molecule has 0 heterocycles. The summed E-state index contributed by atoms with van der Waals surface area (Å²) in [6.07, 6.45) is 5.73. The molecule has 0 radical (unpaired) electrons. The van der Waals surface area contributed by atoms with E-state index in [0.717, 1.165) is 12.0 Å². The van der Waals surface area contributed by atoms with Crippen LogP contribution < -0.4 is 10.6 Å². The molecule has 1 fully saturated rings. The van der Waals surface area contributed by atoms with E-state index in [1.165, 1.54) is 25.7 Å². The fourth-order valence-electron chi connectivity index (χ4n) is 2.44. The molecule has 104 valence electrons. The summed E-state index contributed by atoms with van der Waals surface area (Å²) in [6, 6.07) is 7.61. The number of carbonyl (C=O) groups is 1. The number of aromatic hydroxyl groups is 1. The summed E-state index contributed by atoms with van der Waals surface area (Å²) in [6.45, 7) is 1.05. The first-order chi connectivity index (χ1) is 9.24. The number of hydrogen-bond acceptors (Lipinski definition) is 3. The Hall–Kier alpha value is -1.55. The van der Waals surface area contributed by atoms with Gasteiger partial charge in [-0.25, -0.2) is 0 Å². The normalized spacial score (nSPS) is 15.6. The largest absolute Gasteiger partial charge is 0.508 e. The van der Waals surface area contributed by atoms with Crippen LogP contribution in [0.5, 0.6) is 5.75 Å². The molecule has 3 N–H and O–H groups in total. The van der Waals surface area contributed by atoms with E-state index < -0.39 is 0 Å². The first-order valence-corrected chi connectivity index (χ1v) is 7.02. The van der Waals surface area contributed by atoms with Crippen LogP contribution in [0.4, 0.5) is 0 Å². The van der Waals surface area contributed by atoms with Crippen LogP contribution in [-0.2, 0) is 11.2 Å². The van der Waals surface area contributed by atoms with E-state index in [2.05, 4.69) is 10.6 Å². The van der Waals surface area contributed by atoms with Crippen molar-refractivity contribution in [1.29, 1.82) is 0 Å². The topological polar surface area (TPSA) is 61.4 Å². The maximum absolute atomic E-state index is 11.6. The molecule has 0 spiro atoms. The Bertz CT molecular complexity index is 397. The number of carbonyl (C=O) groups excluding carboxylic acids is 1. The van der Waals surface area contributed by atoms with Gasteiger partial charge < -0.3 is 15.7 Å². The predicted molar refractivity (Wildman–Crippen MR) is 75.1 cm³/mol. The fourth-order valence-corrected chi connectivity index (χ4v) is 2.44. The molecule has 1 aromatic rings. The maximum atomic E-state index is 11.6. The maximum Gasteiger partial charge on any atom is 0.233 e. The third kappa shape index (κ3) is 4.91. The Morgan fingerprint density at radius 3 is 2.58 bits per heavy atom. The molecule has 1 aliphatic carbocycles. The lowest BCUT2D eigenvalue weighted by Crippen LogP contribution is -2.38. The van der Waals surface area contributed by atoms with Gasteiger partial charge in [0.15, 0.2) is 0 Å². The average molecular weight is 262 g/mol.